The van der Waals surface area contributed by atoms with Crippen molar-refractivity contribution in [1.82, 2.24) is 0 Å². The number of rotatable bonds is 4. The van der Waals surface area contributed by atoms with Crippen molar-refractivity contribution in [2.24, 2.45) is 0 Å². The van der Waals surface area contributed by atoms with Gasteiger partial charge in [0, 0.05) is 6.42 Å². The minimum Gasteiger partial charge on any atom is -0.494 e. The Bertz CT molecular complexity index is 542. The molecule has 1 aromatic carbocycles. The lowest BCUT2D eigenvalue weighted by molar-refractivity contribution is 0.180. The first-order chi connectivity index (χ1) is 8.63. The van der Waals surface area contributed by atoms with Gasteiger partial charge in [0.1, 0.15) is 0 Å². The van der Waals surface area contributed by atoms with Crippen molar-refractivity contribution in [1.29, 1.82) is 0 Å². The van der Waals surface area contributed by atoms with Crippen molar-refractivity contribution in [3.05, 3.63) is 50.9 Å². The van der Waals surface area contributed by atoms with Crippen LogP contribution < -0.4 is 4.74 Å². The van der Waals surface area contributed by atoms with Gasteiger partial charge in [0.05, 0.1) is 23.1 Å². The molecule has 1 N–H and O–H groups in total. The summed E-state index contributed by atoms with van der Waals surface area (Å²) < 4.78 is 18.8. The molecule has 1 unspecified atom stereocenters. The molecule has 0 saturated carbocycles. The molecule has 0 saturated heterocycles. The Balaban J connectivity index is 2.22. The number of aliphatic hydroxyl groups excluding tert-OH is 1. The van der Waals surface area contributed by atoms with Gasteiger partial charge in [0.25, 0.3) is 0 Å². The molecule has 0 aliphatic carbocycles. The van der Waals surface area contributed by atoms with E-state index in [0.717, 1.165) is 0 Å². The number of hydrogen-bond acceptors (Lipinski definition) is 3. The molecule has 0 amide bonds. The molecule has 18 heavy (non-hydrogen) atoms. The lowest BCUT2D eigenvalue weighted by atomic mass is 10.1. The third kappa shape index (κ3) is 2.66. The first-order valence-corrected chi connectivity index (χ1v) is 6.61. The largest absolute Gasteiger partial charge is 0.494 e. The highest BCUT2D eigenvalue weighted by atomic mass is 35.5. The SMILES string of the molecule is COc1cccc(CC(O)c2sccc2Cl)c1F. The Morgan fingerprint density at radius 2 is 2.22 bits per heavy atom. The second-order valence-corrected chi connectivity index (χ2v) is 5.14. The Hall–Kier alpha value is -1.10. The van der Waals surface area contributed by atoms with E-state index in [9.17, 15) is 9.50 Å². The highest BCUT2D eigenvalue weighted by Crippen LogP contribution is 2.32. The average molecular weight is 287 g/mol. The van der Waals surface area contributed by atoms with E-state index in [1.54, 1.807) is 29.6 Å². The van der Waals surface area contributed by atoms with Crippen LogP contribution in [0.4, 0.5) is 4.39 Å². The van der Waals surface area contributed by atoms with Gasteiger partial charge < -0.3 is 9.84 Å². The van der Waals surface area contributed by atoms with E-state index in [0.29, 0.717) is 15.5 Å². The maximum atomic E-state index is 13.9. The summed E-state index contributed by atoms with van der Waals surface area (Å²) in [5.74, 6) is -0.260. The summed E-state index contributed by atoms with van der Waals surface area (Å²) in [7, 11) is 1.41. The minimum atomic E-state index is -0.806. The van der Waals surface area contributed by atoms with Gasteiger partial charge in [-0.15, -0.1) is 11.3 Å². The van der Waals surface area contributed by atoms with Crippen molar-refractivity contribution < 1.29 is 14.2 Å². The maximum Gasteiger partial charge on any atom is 0.168 e. The molecule has 0 radical (unpaired) electrons. The van der Waals surface area contributed by atoms with Gasteiger partial charge in [0.15, 0.2) is 11.6 Å². The van der Waals surface area contributed by atoms with Gasteiger partial charge in [-0.2, -0.15) is 0 Å². The number of aliphatic hydroxyl groups is 1. The average Bonchev–Trinajstić information content (AvgIpc) is 2.78. The first-order valence-electron chi connectivity index (χ1n) is 5.35. The minimum absolute atomic E-state index is 0.170. The van der Waals surface area contributed by atoms with Gasteiger partial charge in [-0.1, -0.05) is 23.7 Å². The quantitative estimate of drug-likeness (QED) is 0.926. The summed E-state index contributed by atoms with van der Waals surface area (Å²) in [4.78, 5) is 0.652. The van der Waals surface area contributed by atoms with Crippen LogP contribution in [0.5, 0.6) is 5.75 Å². The van der Waals surface area contributed by atoms with Crippen molar-refractivity contribution in [2.45, 2.75) is 12.5 Å². The Morgan fingerprint density at radius 3 is 2.83 bits per heavy atom. The van der Waals surface area contributed by atoms with Gasteiger partial charge in [-0.25, -0.2) is 4.39 Å². The van der Waals surface area contributed by atoms with Crippen molar-refractivity contribution in [3.63, 3.8) is 0 Å². The third-order valence-electron chi connectivity index (χ3n) is 2.62. The summed E-state index contributed by atoms with van der Waals surface area (Å²) in [5, 5.41) is 12.4. The first kappa shape index (κ1) is 13.3. The number of methoxy groups -OCH3 is 1. The molecule has 0 fully saturated rings. The highest BCUT2D eigenvalue weighted by Gasteiger charge is 2.17. The highest BCUT2D eigenvalue weighted by molar-refractivity contribution is 7.10. The van der Waals surface area contributed by atoms with Gasteiger partial charge in [-0.05, 0) is 23.1 Å². The maximum absolute atomic E-state index is 13.9. The normalized spacial score (nSPS) is 12.4. The van der Waals surface area contributed by atoms with E-state index in [4.69, 9.17) is 16.3 Å². The fraction of sp³-hybridized carbons (Fsp3) is 0.231. The second kappa shape index (κ2) is 5.69. The predicted molar refractivity (Wildman–Crippen MR) is 70.9 cm³/mol. The van der Waals surface area contributed by atoms with Crippen LogP contribution in [0.1, 0.15) is 16.5 Å². The zero-order valence-corrected chi connectivity index (χ0v) is 11.3. The van der Waals surface area contributed by atoms with E-state index < -0.39 is 11.9 Å². The molecule has 2 nitrogen and oxygen atoms in total. The van der Waals surface area contributed by atoms with Crippen LogP contribution in [-0.4, -0.2) is 12.2 Å². The van der Waals surface area contributed by atoms with Crippen molar-refractivity contribution in [2.75, 3.05) is 7.11 Å². The van der Waals surface area contributed by atoms with Crippen LogP contribution in [0, 0.1) is 5.82 Å². The van der Waals surface area contributed by atoms with Gasteiger partial charge in [-0.3, -0.25) is 0 Å². The number of hydrogen-bond donors (Lipinski definition) is 1. The molecule has 2 aromatic rings. The summed E-state index contributed by atoms with van der Waals surface area (Å²) in [6, 6.07) is 6.58. The summed E-state index contributed by atoms with van der Waals surface area (Å²) >= 11 is 7.29. The molecule has 1 atom stereocenters. The molecule has 0 aliphatic rings. The van der Waals surface area contributed by atoms with Crippen molar-refractivity contribution >= 4 is 22.9 Å². The molecule has 5 heteroatoms. The summed E-state index contributed by atoms with van der Waals surface area (Å²) in [6.45, 7) is 0. The van der Waals surface area contributed by atoms with E-state index in [1.807, 2.05) is 0 Å². The number of benzene rings is 1. The Labute approximate surface area is 114 Å². The van der Waals surface area contributed by atoms with Gasteiger partial charge in [0.2, 0.25) is 0 Å². The molecule has 0 aliphatic heterocycles. The van der Waals surface area contributed by atoms with Crippen LogP contribution >= 0.6 is 22.9 Å². The van der Waals surface area contributed by atoms with Crippen molar-refractivity contribution in [3.8, 4) is 5.75 Å². The van der Waals surface area contributed by atoms with Crippen LogP contribution in [0.15, 0.2) is 29.6 Å². The molecular formula is C13H12ClFO2S. The summed E-state index contributed by atoms with van der Waals surface area (Å²) in [6.07, 6.45) is -0.636. The molecule has 1 aromatic heterocycles. The molecular weight excluding hydrogens is 275 g/mol. The van der Waals surface area contributed by atoms with Crippen LogP contribution in [0.2, 0.25) is 5.02 Å². The van der Waals surface area contributed by atoms with Crippen LogP contribution in [0.25, 0.3) is 0 Å². The smallest absolute Gasteiger partial charge is 0.168 e. The molecule has 0 spiro atoms. The Kier molecular flexibility index (Phi) is 4.22. The zero-order valence-electron chi connectivity index (χ0n) is 9.69. The van der Waals surface area contributed by atoms with E-state index in [1.165, 1.54) is 18.4 Å². The number of thiophene rings is 1. The van der Waals surface area contributed by atoms with Crippen LogP contribution in [0.3, 0.4) is 0 Å². The van der Waals surface area contributed by atoms with E-state index in [2.05, 4.69) is 0 Å². The summed E-state index contributed by atoms with van der Waals surface area (Å²) in [5.41, 5.74) is 0.409. The standard InChI is InChI=1S/C13H12ClFO2S/c1-17-11-4-2-3-8(12(11)15)7-10(16)13-9(14)5-6-18-13/h2-6,10,16H,7H2,1H3. The van der Waals surface area contributed by atoms with E-state index >= 15 is 0 Å². The monoisotopic (exact) mass is 286 g/mol. The van der Waals surface area contributed by atoms with Gasteiger partial charge >= 0.3 is 0 Å². The number of ether oxygens (including phenoxy) is 1. The topological polar surface area (TPSA) is 29.5 Å². The third-order valence-corrected chi connectivity index (χ3v) is 4.08. The van der Waals surface area contributed by atoms with E-state index in [-0.39, 0.29) is 12.2 Å². The molecule has 1 heterocycles. The predicted octanol–water partition coefficient (Wildman–Crippen LogP) is 3.83. The fourth-order valence-electron chi connectivity index (χ4n) is 1.72. The van der Waals surface area contributed by atoms with Crippen LogP contribution in [-0.2, 0) is 6.42 Å². The molecule has 2 rings (SSSR count). The lowest BCUT2D eigenvalue weighted by Crippen LogP contribution is -2.03. The Morgan fingerprint density at radius 1 is 1.44 bits per heavy atom. The molecule has 0 bridgehead atoms. The fourth-order valence-corrected chi connectivity index (χ4v) is 2.88. The lowest BCUT2D eigenvalue weighted by Gasteiger charge is -2.11. The number of halogens is 2. The zero-order chi connectivity index (χ0) is 13.1. The molecule has 96 valence electrons. The second-order valence-electron chi connectivity index (χ2n) is 3.79.